The molecule has 0 saturated carbocycles. The molecule has 6 heteroatoms. The topological polar surface area (TPSA) is 0 Å². The van der Waals surface area contributed by atoms with E-state index in [2.05, 4.69) is 15.9 Å². The quantitative estimate of drug-likeness (QED) is 0.487. The van der Waals surface area contributed by atoms with Gasteiger partial charge in [0.2, 0.25) is 3.79 Å². The van der Waals surface area contributed by atoms with Crippen LogP contribution in [0.2, 0.25) is 0 Å². The van der Waals surface area contributed by atoms with Gasteiger partial charge >= 0.3 is 0 Å². The molecule has 0 unspecified atom stereocenters. The first-order chi connectivity index (χ1) is 5.82. The molecule has 0 radical (unpaired) electrons. The van der Waals surface area contributed by atoms with E-state index in [1.807, 2.05) is 0 Å². The van der Waals surface area contributed by atoms with Gasteiger partial charge in [0.25, 0.3) is 0 Å². The second-order valence-corrected chi connectivity index (χ2v) is 5.44. The fraction of sp³-hybridized carbons (Fsp3) is 0.143. The van der Waals surface area contributed by atoms with Crippen molar-refractivity contribution in [3.8, 4) is 0 Å². The highest BCUT2D eigenvalue weighted by Crippen LogP contribution is 2.41. The standard InChI is InChI=1S/C7H2BrCl3F2/c8-3-1-4(7(9,10)11)6(13)5(12)2-3/h1-2H. The molecule has 1 aromatic rings. The number of alkyl halides is 3. The molecule has 0 spiro atoms. The first-order valence-corrected chi connectivity index (χ1v) is 4.97. The molecule has 1 rings (SSSR count). The zero-order valence-electron chi connectivity index (χ0n) is 5.92. The van der Waals surface area contributed by atoms with Gasteiger partial charge in [0.15, 0.2) is 11.6 Å². The maximum Gasteiger partial charge on any atom is 0.218 e. The van der Waals surface area contributed by atoms with E-state index in [-0.39, 0.29) is 5.56 Å². The molecule has 0 amide bonds. The third-order valence-electron chi connectivity index (χ3n) is 1.30. The van der Waals surface area contributed by atoms with E-state index in [0.29, 0.717) is 4.47 Å². The second kappa shape index (κ2) is 3.89. The van der Waals surface area contributed by atoms with Gasteiger partial charge in [-0.1, -0.05) is 50.7 Å². The van der Waals surface area contributed by atoms with Crippen LogP contribution in [0.1, 0.15) is 5.56 Å². The Labute approximate surface area is 96.9 Å². The Balaban J connectivity index is 3.37. The number of hydrogen-bond donors (Lipinski definition) is 0. The van der Waals surface area contributed by atoms with Gasteiger partial charge in [-0.15, -0.1) is 0 Å². The molecule has 0 aliphatic heterocycles. The van der Waals surface area contributed by atoms with Gasteiger partial charge in [-0.3, -0.25) is 0 Å². The highest BCUT2D eigenvalue weighted by Gasteiger charge is 2.28. The molecule has 72 valence electrons. The molecule has 0 saturated heterocycles. The molecule has 0 heterocycles. The van der Waals surface area contributed by atoms with Crippen molar-refractivity contribution in [2.45, 2.75) is 3.79 Å². The average Bonchev–Trinajstić information content (AvgIpc) is 1.94. The normalized spacial score (nSPS) is 11.8. The van der Waals surface area contributed by atoms with Crippen LogP contribution in [0.15, 0.2) is 16.6 Å². The summed E-state index contributed by atoms with van der Waals surface area (Å²) >= 11 is 19.2. The summed E-state index contributed by atoms with van der Waals surface area (Å²) in [5.41, 5.74) is -0.315. The van der Waals surface area contributed by atoms with E-state index in [9.17, 15) is 8.78 Å². The lowest BCUT2D eigenvalue weighted by Crippen LogP contribution is -2.05. The van der Waals surface area contributed by atoms with Crippen molar-refractivity contribution in [3.63, 3.8) is 0 Å². The van der Waals surface area contributed by atoms with E-state index in [1.165, 1.54) is 6.07 Å². The molecule has 0 nitrogen and oxygen atoms in total. The van der Waals surface area contributed by atoms with Gasteiger partial charge in [-0.2, -0.15) is 0 Å². The lowest BCUT2D eigenvalue weighted by atomic mass is 10.2. The summed E-state index contributed by atoms with van der Waals surface area (Å²) in [5.74, 6) is -2.21. The Morgan fingerprint density at radius 1 is 1.15 bits per heavy atom. The summed E-state index contributed by atoms with van der Waals surface area (Å²) in [6.45, 7) is 0. The van der Waals surface area contributed by atoms with Crippen molar-refractivity contribution in [2.75, 3.05) is 0 Å². The lowest BCUT2D eigenvalue weighted by molar-refractivity contribution is 0.499. The maximum absolute atomic E-state index is 13.0. The second-order valence-electron chi connectivity index (χ2n) is 2.25. The third-order valence-corrected chi connectivity index (χ3v) is 2.37. The van der Waals surface area contributed by atoms with Crippen LogP contribution in [0.4, 0.5) is 8.78 Å². The van der Waals surface area contributed by atoms with Crippen LogP contribution < -0.4 is 0 Å². The van der Waals surface area contributed by atoms with Crippen molar-refractivity contribution >= 4 is 50.7 Å². The Morgan fingerprint density at radius 3 is 2.15 bits per heavy atom. The minimum atomic E-state index is -1.96. The van der Waals surface area contributed by atoms with Crippen LogP contribution >= 0.6 is 50.7 Å². The summed E-state index contributed by atoms with van der Waals surface area (Å²) in [4.78, 5) is 0. The first-order valence-electron chi connectivity index (χ1n) is 3.04. The van der Waals surface area contributed by atoms with Crippen LogP contribution in [0.5, 0.6) is 0 Å². The highest BCUT2D eigenvalue weighted by molar-refractivity contribution is 9.10. The van der Waals surface area contributed by atoms with Gasteiger partial charge in [0, 0.05) is 10.0 Å². The van der Waals surface area contributed by atoms with E-state index >= 15 is 0 Å². The molecular formula is C7H2BrCl3F2. The predicted octanol–water partition coefficient (Wildman–Crippen LogP) is 4.55. The summed E-state index contributed by atoms with van der Waals surface area (Å²) in [6, 6.07) is 2.17. The zero-order chi connectivity index (χ0) is 10.2. The fourth-order valence-electron chi connectivity index (χ4n) is 0.762. The van der Waals surface area contributed by atoms with Crippen LogP contribution in [0.3, 0.4) is 0 Å². The van der Waals surface area contributed by atoms with Crippen LogP contribution in [0.25, 0.3) is 0 Å². The Kier molecular flexibility index (Phi) is 3.44. The minimum Gasteiger partial charge on any atom is -0.204 e. The Hall–Kier alpha value is 0.430. The van der Waals surface area contributed by atoms with Crippen LogP contribution in [-0.4, -0.2) is 0 Å². The molecule has 0 atom stereocenters. The van der Waals surface area contributed by atoms with E-state index in [1.54, 1.807) is 0 Å². The maximum atomic E-state index is 13.0. The highest BCUT2D eigenvalue weighted by atomic mass is 79.9. The lowest BCUT2D eigenvalue weighted by Gasteiger charge is -2.12. The molecular weight excluding hydrogens is 308 g/mol. The smallest absolute Gasteiger partial charge is 0.204 e. The summed E-state index contributed by atoms with van der Waals surface area (Å²) in [5, 5.41) is 0. The van der Waals surface area contributed by atoms with Crippen molar-refractivity contribution in [2.24, 2.45) is 0 Å². The fourth-order valence-corrected chi connectivity index (χ4v) is 1.60. The summed E-state index contributed by atoms with van der Waals surface area (Å²) in [6.07, 6.45) is 0. The third kappa shape index (κ3) is 2.69. The van der Waals surface area contributed by atoms with Gasteiger partial charge in [0.05, 0.1) is 0 Å². The molecule has 13 heavy (non-hydrogen) atoms. The van der Waals surface area contributed by atoms with E-state index in [0.717, 1.165) is 6.07 Å². The van der Waals surface area contributed by atoms with Crippen LogP contribution in [-0.2, 0) is 3.79 Å². The summed E-state index contributed by atoms with van der Waals surface area (Å²) in [7, 11) is 0. The zero-order valence-corrected chi connectivity index (χ0v) is 9.78. The van der Waals surface area contributed by atoms with Crippen molar-refractivity contribution in [1.82, 2.24) is 0 Å². The molecule has 0 bridgehead atoms. The SMILES string of the molecule is Fc1cc(Br)cc(C(Cl)(Cl)Cl)c1F. The summed E-state index contributed by atoms with van der Waals surface area (Å²) < 4.78 is 24.2. The first kappa shape index (κ1) is 11.5. The van der Waals surface area contributed by atoms with Gasteiger partial charge < -0.3 is 0 Å². The molecule has 1 aromatic carbocycles. The molecule has 0 aliphatic carbocycles. The molecule has 0 aliphatic rings. The van der Waals surface area contributed by atoms with Gasteiger partial charge in [-0.05, 0) is 12.1 Å². The molecule has 0 aromatic heterocycles. The van der Waals surface area contributed by atoms with Gasteiger partial charge in [0.1, 0.15) is 0 Å². The largest absolute Gasteiger partial charge is 0.218 e. The number of benzene rings is 1. The van der Waals surface area contributed by atoms with Crippen molar-refractivity contribution in [3.05, 3.63) is 33.8 Å². The number of hydrogen-bond acceptors (Lipinski definition) is 0. The van der Waals surface area contributed by atoms with Gasteiger partial charge in [-0.25, -0.2) is 8.78 Å². The molecule has 0 N–H and O–H groups in total. The average molecular weight is 310 g/mol. The predicted molar refractivity (Wildman–Crippen MR) is 53.3 cm³/mol. The number of rotatable bonds is 0. The monoisotopic (exact) mass is 308 g/mol. The Bertz CT molecular complexity index is 335. The molecule has 0 fully saturated rings. The van der Waals surface area contributed by atoms with E-state index < -0.39 is 15.4 Å². The number of halogens is 6. The van der Waals surface area contributed by atoms with Crippen molar-refractivity contribution < 1.29 is 8.78 Å². The van der Waals surface area contributed by atoms with E-state index in [4.69, 9.17) is 34.8 Å². The Morgan fingerprint density at radius 2 is 1.69 bits per heavy atom. The van der Waals surface area contributed by atoms with Crippen LogP contribution in [0, 0.1) is 11.6 Å². The van der Waals surface area contributed by atoms with Crippen molar-refractivity contribution in [1.29, 1.82) is 0 Å². The minimum absolute atomic E-state index is 0.313.